The predicted octanol–water partition coefficient (Wildman–Crippen LogP) is 4.34. The highest BCUT2D eigenvalue weighted by Crippen LogP contribution is 2.48. The molecule has 0 amide bonds. The molecule has 0 radical (unpaired) electrons. The van der Waals surface area contributed by atoms with Gasteiger partial charge in [0, 0.05) is 18.3 Å². The first-order valence-corrected chi connectivity index (χ1v) is 7.77. The number of aromatic nitrogens is 1. The first-order valence-electron chi connectivity index (χ1n) is 7.77. The summed E-state index contributed by atoms with van der Waals surface area (Å²) in [6, 6.07) is 7.01. The fourth-order valence-electron chi connectivity index (χ4n) is 2.76. The van der Waals surface area contributed by atoms with E-state index in [0.717, 1.165) is 6.07 Å². The van der Waals surface area contributed by atoms with Crippen LogP contribution in [0.2, 0.25) is 0 Å². The normalized spacial score (nSPS) is 12.7. The summed E-state index contributed by atoms with van der Waals surface area (Å²) in [4.78, 5) is 14.8. The van der Waals surface area contributed by atoms with Gasteiger partial charge in [-0.25, -0.2) is 4.39 Å². The molecule has 2 aromatic carbocycles. The van der Waals surface area contributed by atoms with E-state index in [0.29, 0.717) is 47.1 Å². The monoisotopic (exact) mass is 356 g/mol. The van der Waals surface area contributed by atoms with Crippen molar-refractivity contribution in [3.8, 4) is 28.7 Å². The summed E-state index contributed by atoms with van der Waals surface area (Å²) in [5.41, 5.74) is 0.531. The van der Waals surface area contributed by atoms with Gasteiger partial charge in [0.05, 0.1) is 18.0 Å². The largest absolute Gasteiger partial charge is 0.493 e. The molecule has 1 aliphatic rings. The molecule has 4 rings (SSSR count). The molecule has 0 fully saturated rings. The molecule has 0 saturated carbocycles. The Morgan fingerprint density at radius 3 is 2.62 bits per heavy atom. The number of halogens is 1. The molecule has 7 nitrogen and oxygen atoms in total. The average Bonchev–Trinajstić information content (AvgIpc) is 2.68. The number of fused-ring (bicyclic) bond motifs is 3. The third-order valence-electron chi connectivity index (χ3n) is 3.90. The minimum absolute atomic E-state index is 0.0201. The van der Waals surface area contributed by atoms with Gasteiger partial charge in [0.25, 0.3) is 0 Å². The van der Waals surface area contributed by atoms with Gasteiger partial charge in [-0.05, 0) is 23.4 Å². The van der Waals surface area contributed by atoms with E-state index in [2.05, 4.69) is 10.2 Å². The van der Waals surface area contributed by atoms with Gasteiger partial charge >= 0.3 is 0 Å². The van der Waals surface area contributed by atoms with E-state index in [1.165, 1.54) is 25.4 Å². The lowest BCUT2D eigenvalue weighted by molar-refractivity contribution is 0.167. The summed E-state index contributed by atoms with van der Waals surface area (Å²) >= 11 is 0. The van der Waals surface area contributed by atoms with Crippen LogP contribution in [0.1, 0.15) is 0 Å². The fourth-order valence-corrected chi connectivity index (χ4v) is 2.76. The Morgan fingerprint density at radius 2 is 1.88 bits per heavy atom. The Balaban J connectivity index is 1.87. The highest BCUT2D eigenvalue weighted by molar-refractivity contribution is 5.95. The van der Waals surface area contributed by atoms with Crippen LogP contribution in [-0.4, -0.2) is 25.3 Å². The number of pyridine rings is 1. The van der Waals surface area contributed by atoms with Crippen molar-refractivity contribution in [3.05, 3.63) is 47.3 Å². The maximum atomic E-state index is 14.2. The van der Waals surface area contributed by atoms with Crippen molar-refractivity contribution in [3.63, 3.8) is 0 Å². The molecule has 0 atom stereocenters. The van der Waals surface area contributed by atoms with Crippen LogP contribution in [0, 0.1) is 10.7 Å². The Morgan fingerprint density at radius 1 is 1.08 bits per heavy atom. The van der Waals surface area contributed by atoms with E-state index < -0.39 is 5.82 Å². The van der Waals surface area contributed by atoms with E-state index >= 15 is 0 Å². The van der Waals surface area contributed by atoms with Crippen molar-refractivity contribution < 1.29 is 23.3 Å². The smallest absolute Gasteiger partial charge is 0.204 e. The molecule has 26 heavy (non-hydrogen) atoms. The Labute approximate surface area is 147 Å². The lowest BCUT2D eigenvalue weighted by Gasteiger charge is -2.23. The van der Waals surface area contributed by atoms with Gasteiger partial charge in [-0.3, -0.25) is 4.98 Å². The third-order valence-corrected chi connectivity index (χ3v) is 3.90. The maximum Gasteiger partial charge on any atom is 0.204 e. The first kappa shape index (κ1) is 16.1. The van der Waals surface area contributed by atoms with Crippen LogP contribution < -0.4 is 18.9 Å². The van der Waals surface area contributed by atoms with Crippen molar-refractivity contribution in [1.82, 2.24) is 4.98 Å². The summed E-state index contributed by atoms with van der Waals surface area (Å²) in [5.74, 6) is 0.956. The van der Waals surface area contributed by atoms with Crippen molar-refractivity contribution in [2.24, 2.45) is 5.18 Å². The maximum absolute atomic E-state index is 14.2. The molecule has 0 bridgehead atoms. The van der Waals surface area contributed by atoms with Gasteiger partial charge in [0.1, 0.15) is 24.7 Å². The molecule has 0 spiro atoms. The summed E-state index contributed by atoms with van der Waals surface area (Å²) in [7, 11) is 1.53. The predicted molar refractivity (Wildman–Crippen MR) is 91.2 cm³/mol. The minimum Gasteiger partial charge on any atom is -0.493 e. The van der Waals surface area contributed by atoms with Gasteiger partial charge < -0.3 is 18.9 Å². The molecule has 3 aromatic rings. The van der Waals surface area contributed by atoms with Gasteiger partial charge in [-0.1, -0.05) is 0 Å². The van der Waals surface area contributed by atoms with E-state index in [9.17, 15) is 9.30 Å². The quantitative estimate of drug-likeness (QED) is 0.647. The zero-order valence-electron chi connectivity index (χ0n) is 13.7. The number of ether oxygens (including phenoxy) is 4. The standard InChI is InChI=1S/C18H13FN2O5/c1-23-15-9-12-16(18-17(15)24-6-7-25-18)14(4-5-20-12)26-13-3-2-10(21-22)8-11(13)19/h2-5,8-9H,6-7H2,1H3. The topological polar surface area (TPSA) is 79.2 Å². The number of nitrogens with zero attached hydrogens (tertiary/aromatic N) is 2. The van der Waals surface area contributed by atoms with E-state index in [1.807, 2.05) is 0 Å². The number of nitroso groups, excluding NO2 is 1. The van der Waals surface area contributed by atoms with Crippen LogP contribution in [0.25, 0.3) is 10.9 Å². The zero-order chi connectivity index (χ0) is 18.1. The average molecular weight is 356 g/mol. The molecule has 1 aromatic heterocycles. The van der Waals surface area contributed by atoms with Crippen LogP contribution >= 0.6 is 0 Å². The Bertz CT molecular complexity index is 1010. The molecule has 0 unspecified atom stereocenters. The number of benzene rings is 2. The fraction of sp³-hybridized carbons (Fsp3) is 0.167. The molecule has 8 heteroatoms. The van der Waals surface area contributed by atoms with Crippen molar-refractivity contribution in [1.29, 1.82) is 0 Å². The van der Waals surface area contributed by atoms with Gasteiger partial charge in [0.2, 0.25) is 5.75 Å². The number of hydrogen-bond acceptors (Lipinski definition) is 7. The molecule has 0 N–H and O–H groups in total. The SMILES string of the molecule is COc1cc2nccc(Oc3ccc(N=O)cc3F)c2c2c1OCCO2. The minimum atomic E-state index is -0.702. The molecule has 2 heterocycles. The van der Waals surface area contributed by atoms with Crippen LogP contribution in [0.4, 0.5) is 10.1 Å². The highest BCUT2D eigenvalue weighted by atomic mass is 19.1. The summed E-state index contributed by atoms with van der Waals surface area (Å²) < 4.78 is 36.6. The molecule has 0 saturated heterocycles. The van der Waals surface area contributed by atoms with Crippen LogP contribution in [0.5, 0.6) is 28.7 Å². The first-order chi connectivity index (χ1) is 12.7. The summed E-state index contributed by atoms with van der Waals surface area (Å²) in [6.45, 7) is 0.748. The Kier molecular flexibility index (Phi) is 4.00. The zero-order valence-corrected chi connectivity index (χ0v) is 13.7. The summed E-state index contributed by atoms with van der Waals surface area (Å²) in [6.07, 6.45) is 1.53. The van der Waals surface area contributed by atoms with Gasteiger partial charge in [0.15, 0.2) is 23.1 Å². The van der Waals surface area contributed by atoms with Crippen LogP contribution in [0.3, 0.4) is 0 Å². The van der Waals surface area contributed by atoms with E-state index in [-0.39, 0.29) is 11.4 Å². The molecule has 1 aliphatic heterocycles. The van der Waals surface area contributed by atoms with E-state index in [1.54, 1.807) is 12.1 Å². The van der Waals surface area contributed by atoms with Crippen molar-refractivity contribution >= 4 is 16.6 Å². The lowest BCUT2D eigenvalue weighted by Crippen LogP contribution is -2.16. The van der Waals surface area contributed by atoms with Crippen molar-refractivity contribution in [2.75, 3.05) is 20.3 Å². The second-order valence-electron chi connectivity index (χ2n) is 5.45. The molecular formula is C18H13FN2O5. The Hall–Kier alpha value is -3.42. The van der Waals surface area contributed by atoms with Crippen LogP contribution in [-0.2, 0) is 0 Å². The number of methoxy groups -OCH3 is 1. The number of rotatable bonds is 4. The van der Waals surface area contributed by atoms with Crippen molar-refractivity contribution in [2.45, 2.75) is 0 Å². The van der Waals surface area contributed by atoms with Gasteiger partial charge in [-0.2, -0.15) is 0 Å². The molecular weight excluding hydrogens is 343 g/mol. The lowest BCUT2D eigenvalue weighted by atomic mass is 10.1. The second-order valence-corrected chi connectivity index (χ2v) is 5.45. The number of hydrogen-bond donors (Lipinski definition) is 0. The van der Waals surface area contributed by atoms with Gasteiger partial charge in [-0.15, -0.1) is 4.91 Å². The summed E-state index contributed by atoms with van der Waals surface area (Å²) in [5, 5.41) is 3.24. The van der Waals surface area contributed by atoms with E-state index in [4.69, 9.17) is 18.9 Å². The second kappa shape index (κ2) is 6.47. The third kappa shape index (κ3) is 2.65. The highest BCUT2D eigenvalue weighted by Gasteiger charge is 2.24. The van der Waals surface area contributed by atoms with Crippen LogP contribution in [0.15, 0.2) is 41.7 Å². The molecule has 132 valence electrons. The molecule has 0 aliphatic carbocycles.